The average molecular weight is 290 g/mol. The second-order valence-corrected chi connectivity index (χ2v) is 5.47. The highest BCUT2D eigenvalue weighted by Crippen LogP contribution is 2.33. The molecule has 1 heterocycles. The molecule has 0 bridgehead atoms. The molecule has 1 aliphatic heterocycles. The summed E-state index contributed by atoms with van der Waals surface area (Å²) in [5.74, 6) is -1.16. The topological polar surface area (TPSA) is 78.4 Å². The van der Waals surface area contributed by atoms with Gasteiger partial charge in [-0.2, -0.15) is 0 Å². The van der Waals surface area contributed by atoms with Crippen LogP contribution in [-0.4, -0.2) is 36.1 Å². The van der Waals surface area contributed by atoms with Crippen molar-refractivity contribution in [1.29, 1.82) is 0 Å². The molecule has 21 heavy (non-hydrogen) atoms. The van der Waals surface area contributed by atoms with Crippen LogP contribution in [0.5, 0.6) is 0 Å². The normalized spacial score (nSPS) is 18.7. The first-order valence-corrected chi connectivity index (χ1v) is 7.40. The molecule has 1 aromatic rings. The smallest absolute Gasteiger partial charge is 0.326 e. The Labute approximate surface area is 124 Å². The molecule has 1 atom stereocenters. The summed E-state index contributed by atoms with van der Waals surface area (Å²) < 4.78 is 0. The molecular weight excluding hydrogens is 268 g/mol. The molecule has 3 N–H and O–H groups in total. The van der Waals surface area contributed by atoms with Gasteiger partial charge in [0.15, 0.2) is 0 Å². The molecule has 5 nitrogen and oxygen atoms in total. The lowest BCUT2D eigenvalue weighted by Gasteiger charge is -2.37. The van der Waals surface area contributed by atoms with Crippen LogP contribution >= 0.6 is 0 Å². The molecule has 1 saturated heterocycles. The predicted molar refractivity (Wildman–Crippen MR) is 80.1 cm³/mol. The lowest BCUT2D eigenvalue weighted by molar-refractivity contribution is -0.143. The number of benzene rings is 1. The molecule has 0 aromatic heterocycles. The Morgan fingerprint density at radius 3 is 2.43 bits per heavy atom. The highest BCUT2D eigenvalue weighted by atomic mass is 16.4. The molecule has 0 aliphatic carbocycles. The number of rotatable bonds is 5. The van der Waals surface area contributed by atoms with Crippen LogP contribution in [0.15, 0.2) is 30.3 Å². The van der Waals surface area contributed by atoms with Gasteiger partial charge in [0.2, 0.25) is 5.91 Å². The third-order valence-electron chi connectivity index (χ3n) is 4.23. The number of carboxylic acids is 1. The number of hydrogen-bond acceptors (Lipinski definition) is 3. The van der Waals surface area contributed by atoms with Crippen LogP contribution in [0.4, 0.5) is 0 Å². The van der Waals surface area contributed by atoms with Gasteiger partial charge >= 0.3 is 5.97 Å². The number of piperidine rings is 1. The first-order valence-electron chi connectivity index (χ1n) is 7.40. The number of carboxylic acid groups (broad SMARTS) is 1. The predicted octanol–water partition coefficient (Wildman–Crippen LogP) is 1.29. The van der Waals surface area contributed by atoms with Gasteiger partial charge in [-0.25, -0.2) is 4.79 Å². The first-order chi connectivity index (χ1) is 10.1. The molecule has 2 rings (SSSR count). The van der Waals surface area contributed by atoms with Crippen LogP contribution in [-0.2, 0) is 15.0 Å². The number of hydrogen-bond donors (Lipinski definition) is 3. The van der Waals surface area contributed by atoms with E-state index >= 15 is 0 Å². The van der Waals surface area contributed by atoms with E-state index in [0.29, 0.717) is 19.3 Å². The van der Waals surface area contributed by atoms with Gasteiger partial charge in [0.25, 0.3) is 0 Å². The number of carbonyl (C=O) groups is 2. The van der Waals surface area contributed by atoms with Gasteiger partial charge in [0.1, 0.15) is 6.04 Å². The second-order valence-electron chi connectivity index (χ2n) is 5.47. The van der Waals surface area contributed by atoms with E-state index in [0.717, 1.165) is 18.7 Å². The number of carbonyl (C=O) groups excluding carboxylic acids is 1. The fourth-order valence-corrected chi connectivity index (χ4v) is 2.89. The van der Waals surface area contributed by atoms with E-state index in [4.69, 9.17) is 5.11 Å². The Kier molecular flexibility index (Phi) is 4.96. The summed E-state index contributed by atoms with van der Waals surface area (Å²) in [6, 6.07) is 8.83. The zero-order chi connectivity index (χ0) is 15.3. The Bertz CT molecular complexity index is 496. The number of amides is 1. The van der Waals surface area contributed by atoms with Crippen LogP contribution in [0.2, 0.25) is 0 Å². The lowest BCUT2D eigenvalue weighted by atomic mass is 9.72. The number of nitrogens with one attached hydrogen (secondary N) is 2. The third kappa shape index (κ3) is 3.24. The van der Waals surface area contributed by atoms with Crippen LogP contribution < -0.4 is 10.6 Å². The molecule has 1 fully saturated rings. The van der Waals surface area contributed by atoms with Gasteiger partial charge in [-0.3, -0.25) is 4.79 Å². The minimum absolute atomic E-state index is 0.176. The minimum Gasteiger partial charge on any atom is -0.480 e. The molecule has 114 valence electrons. The molecular formula is C16H22N2O3. The summed E-state index contributed by atoms with van der Waals surface area (Å²) in [6.45, 7) is 3.27. The fraction of sp³-hybridized carbons (Fsp3) is 0.500. The van der Waals surface area contributed by atoms with Crippen molar-refractivity contribution < 1.29 is 14.7 Å². The minimum atomic E-state index is -0.983. The molecule has 1 aliphatic rings. The summed E-state index contributed by atoms with van der Waals surface area (Å²) in [5, 5.41) is 15.1. The van der Waals surface area contributed by atoms with E-state index < -0.39 is 17.4 Å². The molecule has 1 unspecified atom stereocenters. The largest absolute Gasteiger partial charge is 0.480 e. The summed E-state index contributed by atoms with van der Waals surface area (Å²) in [6.07, 6.45) is 1.74. The standard InChI is InChI=1S/C16H22N2O3/c1-2-13(14(19)20)18-15(21)16(8-10-17-11-9-16)12-6-4-3-5-7-12/h3-7,13,17H,2,8-11H2,1H3,(H,18,21)(H,19,20). The van der Waals surface area contributed by atoms with Crippen molar-refractivity contribution in [3.63, 3.8) is 0 Å². The average Bonchev–Trinajstić information content (AvgIpc) is 2.53. The van der Waals surface area contributed by atoms with Gasteiger partial charge in [-0.05, 0) is 37.9 Å². The van der Waals surface area contributed by atoms with E-state index in [1.54, 1.807) is 6.92 Å². The van der Waals surface area contributed by atoms with Crippen LogP contribution in [0.3, 0.4) is 0 Å². The van der Waals surface area contributed by atoms with Crippen molar-refractivity contribution in [1.82, 2.24) is 10.6 Å². The SMILES string of the molecule is CCC(NC(=O)C1(c2ccccc2)CCNCC1)C(=O)O. The van der Waals surface area contributed by atoms with Crippen molar-refractivity contribution >= 4 is 11.9 Å². The summed E-state index contributed by atoms with van der Waals surface area (Å²) >= 11 is 0. The Balaban J connectivity index is 2.28. The van der Waals surface area contributed by atoms with Crippen LogP contribution in [0.25, 0.3) is 0 Å². The maximum Gasteiger partial charge on any atom is 0.326 e. The highest BCUT2D eigenvalue weighted by molar-refractivity contribution is 5.91. The third-order valence-corrected chi connectivity index (χ3v) is 4.23. The van der Waals surface area contributed by atoms with E-state index in [-0.39, 0.29) is 5.91 Å². The van der Waals surface area contributed by atoms with Gasteiger partial charge in [0.05, 0.1) is 5.41 Å². The van der Waals surface area contributed by atoms with Crippen molar-refractivity contribution in [3.8, 4) is 0 Å². The highest BCUT2D eigenvalue weighted by Gasteiger charge is 2.42. The zero-order valence-corrected chi connectivity index (χ0v) is 12.3. The fourth-order valence-electron chi connectivity index (χ4n) is 2.89. The quantitative estimate of drug-likeness (QED) is 0.763. The van der Waals surface area contributed by atoms with E-state index in [9.17, 15) is 9.59 Å². The van der Waals surface area contributed by atoms with E-state index in [2.05, 4.69) is 10.6 Å². The molecule has 0 saturated carbocycles. The van der Waals surface area contributed by atoms with Crippen LogP contribution in [0.1, 0.15) is 31.7 Å². The molecule has 0 radical (unpaired) electrons. The second kappa shape index (κ2) is 6.72. The van der Waals surface area contributed by atoms with Gasteiger partial charge < -0.3 is 15.7 Å². The summed E-state index contributed by atoms with van der Waals surface area (Å²) in [4.78, 5) is 24.0. The van der Waals surface area contributed by atoms with Crippen LogP contribution in [0, 0.1) is 0 Å². The maximum absolute atomic E-state index is 12.8. The molecule has 0 spiro atoms. The lowest BCUT2D eigenvalue weighted by Crippen LogP contribution is -2.54. The molecule has 1 amide bonds. The van der Waals surface area contributed by atoms with Gasteiger partial charge in [0, 0.05) is 0 Å². The van der Waals surface area contributed by atoms with Crippen molar-refractivity contribution in [3.05, 3.63) is 35.9 Å². The van der Waals surface area contributed by atoms with Crippen molar-refractivity contribution in [2.75, 3.05) is 13.1 Å². The van der Waals surface area contributed by atoms with E-state index in [1.807, 2.05) is 30.3 Å². The Morgan fingerprint density at radius 2 is 1.90 bits per heavy atom. The Hall–Kier alpha value is -1.88. The Morgan fingerprint density at radius 1 is 1.29 bits per heavy atom. The zero-order valence-electron chi connectivity index (χ0n) is 12.3. The number of aliphatic carboxylic acids is 1. The van der Waals surface area contributed by atoms with Gasteiger partial charge in [-0.1, -0.05) is 37.3 Å². The molecule has 5 heteroatoms. The van der Waals surface area contributed by atoms with Crippen molar-refractivity contribution in [2.24, 2.45) is 0 Å². The summed E-state index contributed by atoms with van der Waals surface area (Å²) in [7, 11) is 0. The molecule has 1 aromatic carbocycles. The summed E-state index contributed by atoms with van der Waals surface area (Å²) in [5.41, 5.74) is 0.333. The first kappa shape index (κ1) is 15.5. The monoisotopic (exact) mass is 290 g/mol. The maximum atomic E-state index is 12.8. The van der Waals surface area contributed by atoms with E-state index in [1.165, 1.54) is 0 Å². The van der Waals surface area contributed by atoms with Crippen molar-refractivity contribution in [2.45, 2.75) is 37.6 Å². The van der Waals surface area contributed by atoms with Gasteiger partial charge in [-0.15, -0.1) is 0 Å².